The van der Waals surface area contributed by atoms with Crippen LogP contribution in [0, 0.1) is 11.8 Å². The number of nitrogens with one attached hydrogen (secondary N) is 1. The van der Waals surface area contributed by atoms with E-state index in [0.29, 0.717) is 11.8 Å². The lowest BCUT2D eigenvalue weighted by atomic mass is 9.96. The Morgan fingerprint density at radius 3 is 2.80 bits per heavy atom. The molecule has 1 atom stereocenters. The molecule has 0 saturated heterocycles. The van der Waals surface area contributed by atoms with Crippen LogP contribution in [0.25, 0.3) is 0 Å². The highest BCUT2D eigenvalue weighted by molar-refractivity contribution is 6.39. The molecule has 138 valence electrons. The number of aliphatic imine (C=N–C) groups is 1. The van der Waals surface area contributed by atoms with Crippen molar-refractivity contribution in [3.8, 4) is 0 Å². The van der Waals surface area contributed by atoms with Crippen LogP contribution >= 0.6 is 0 Å². The Morgan fingerprint density at radius 2 is 2.00 bits per heavy atom. The zero-order chi connectivity index (χ0) is 17.3. The summed E-state index contributed by atoms with van der Waals surface area (Å²) in [5.41, 5.74) is 2.33. The van der Waals surface area contributed by atoms with E-state index in [0.717, 1.165) is 25.2 Å². The lowest BCUT2D eigenvalue weighted by Crippen LogP contribution is -2.33. The highest BCUT2D eigenvalue weighted by Crippen LogP contribution is 2.24. The molecule has 1 unspecified atom stereocenters. The van der Waals surface area contributed by atoms with Gasteiger partial charge in [-0.2, -0.15) is 0 Å². The van der Waals surface area contributed by atoms with E-state index in [1.54, 1.807) is 0 Å². The van der Waals surface area contributed by atoms with Gasteiger partial charge in [0.25, 0.3) is 5.91 Å². The molecule has 1 heterocycles. The molecule has 0 bridgehead atoms. The summed E-state index contributed by atoms with van der Waals surface area (Å²) in [7, 11) is 0. The van der Waals surface area contributed by atoms with Crippen LogP contribution in [0.5, 0.6) is 0 Å². The van der Waals surface area contributed by atoms with Crippen molar-refractivity contribution < 1.29 is 4.79 Å². The molecule has 0 aromatic carbocycles. The van der Waals surface area contributed by atoms with E-state index in [4.69, 9.17) is 0 Å². The topological polar surface area (TPSA) is 41.5 Å². The van der Waals surface area contributed by atoms with Gasteiger partial charge in [-0.1, -0.05) is 49.5 Å². The molecule has 0 spiro atoms. The molecular formula is C22H34N2O. The number of hydrogen-bond donors (Lipinski definition) is 1. The Kier molecular flexibility index (Phi) is 7.32. The Morgan fingerprint density at radius 1 is 1.12 bits per heavy atom. The van der Waals surface area contributed by atoms with Crippen LogP contribution < -0.4 is 5.32 Å². The normalized spacial score (nSPS) is 23.6. The molecule has 0 aromatic rings. The van der Waals surface area contributed by atoms with Crippen LogP contribution in [-0.4, -0.2) is 24.7 Å². The van der Waals surface area contributed by atoms with Crippen LogP contribution in [-0.2, 0) is 4.79 Å². The molecule has 3 aliphatic rings. The van der Waals surface area contributed by atoms with Crippen molar-refractivity contribution in [2.45, 2.75) is 77.0 Å². The number of amides is 1. The summed E-state index contributed by atoms with van der Waals surface area (Å²) in [6.45, 7) is 1.72. The first-order valence-electron chi connectivity index (χ1n) is 10.5. The maximum absolute atomic E-state index is 12.2. The van der Waals surface area contributed by atoms with Crippen LogP contribution in [0.4, 0.5) is 0 Å². The van der Waals surface area contributed by atoms with Gasteiger partial charge in [0.2, 0.25) is 0 Å². The Bertz CT molecular complexity index is 526. The number of hydrogen-bond acceptors (Lipinski definition) is 2. The van der Waals surface area contributed by atoms with Gasteiger partial charge in [-0.25, -0.2) is 0 Å². The van der Waals surface area contributed by atoms with Gasteiger partial charge < -0.3 is 5.32 Å². The summed E-state index contributed by atoms with van der Waals surface area (Å²) in [4.78, 5) is 16.8. The van der Waals surface area contributed by atoms with Crippen molar-refractivity contribution in [2.75, 3.05) is 13.1 Å². The molecule has 1 fully saturated rings. The Balaban J connectivity index is 1.24. The van der Waals surface area contributed by atoms with Crippen molar-refractivity contribution >= 4 is 11.6 Å². The molecule has 1 amide bonds. The minimum Gasteiger partial charge on any atom is -0.351 e. The van der Waals surface area contributed by atoms with Gasteiger partial charge in [-0.15, -0.1) is 0 Å². The zero-order valence-corrected chi connectivity index (χ0v) is 15.6. The first-order valence-corrected chi connectivity index (χ1v) is 10.5. The smallest absolute Gasteiger partial charge is 0.265 e. The van der Waals surface area contributed by atoms with Crippen LogP contribution in [0.3, 0.4) is 0 Å². The third kappa shape index (κ3) is 6.13. The van der Waals surface area contributed by atoms with Gasteiger partial charge in [-0.3, -0.25) is 9.79 Å². The average molecular weight is 343 g/mol. The maximum Gasteiger partial charge on any atom is 0.265 e. The van der Waals surface area contributed by atoms with Gasteiger partial charge >= 0.3 is 0 Å². The van der Waals surface area contributed by atoms with Crippen LogP contribution in [0.2, 0.25) is 0 Å². The predicted molar refractivity (Wildman–Crippen MR) is 105 cm³/mol. The molecular weight excluding hydrogens is 308 g/mol. The second-order valence-corrected chi connectivity index (χ2v) is 8.08. The molecule has 2 aliphatic carbocycles. The van der Waals surface area contributed by atoms with Crippen LogP contribution in [0.15, 0.2) is 28.8 Å². The largest absolute Gasteiger partial charge is 0.351 e. The fourth-order valence-corrected chi connectivity index (χ4v) is 4.35. The fourth-order valence-electron chi connectivity index (χ4n) is 4.35. The summed E-state index contributed by atoms with van der Waals surface area (Å²) in [6, 6.07) is 0. The van der Waals surface area contributed by atoms with E-state index < -0.39 is 0 Å². The maximum atomic E-state index is 12.2. The molecule has 0 radical (unpaired) electrons. The molecule has 0 aromatic heterocycles. The van der Waals surface area contributed by atoms with Gasteiger partial charge in [0, 0.05) is 13.1 Å². The van der Waals surface area contributed by atoms with E-state index in [2.05, 4.69) is 28.5 Å². The minimum atomic E-state index is 0.102. The van der Waals surface area contributed by atoms with E-state index in [9.17, 15) is 4.79 Å². The summed E-state index contributed by atoms with van der Waals surface area (Å²) in [6.07, 6.45) is 21.8. The average Bonchev–Trinajstić information content (AvgIpc) is 3.32. The number of carbonyl (C=O) groups excluding carboxylic acids is 1. The number of unbranched alkanes of at least 4 members (excludes halogenated alkanes) is 2. The fraction of sp³-hybridized carbons (Fsp3) is 0.727. The van der Waals surface area contributed by atoms with Crippen molar-refractivity contribution in [3.63, 3.8) is 0 Å². The van der Waals surface area contributed by atoms with Crippen molar-refractivity contribution in [1.29, 1.82) is 0 Å². The van der Waals surface area contributed by atoms with Gasteiger partial charge in [0.05, 0.1) is 5.71 Å². The first-order chi connectivity index (χ1) is 12.3. The lowest BCUT2D eigenvalue weighted by molar-refractivity contribution is -0.115. The van der Waals surface area contributed by atoms with E-state index in [1.807, 2.05) is 0 Å². The van der Waals surface area contributed by atoms with Crippen molar-refractivity contribution in [3.05, 3.63) is 23.8 Å². The molecule has 3 heteroatoms. The monoisotopic (exact) mass is 342 g/mol. The SMILES string of the molecule is O=C(NCC1CCCC1)C1=NCC(CCCCCC2=CCCC=C2)C1. The zero-order valence-electron chi connectivity index (χ0n) is 15.6. The molecule has 25 heavy (non-hydrogen) atoms. The number of nitrogens with zero attached hydrogens (tertiary/aromatic N) is 1. The molecule has 1 aliphatic heterocycles. The Labute approximate surface area is 153 Å². The van der Waals surface area contributed by atoms with Gasteiger partial charge in [-0.05, 0) is 63.2 Å². The van der Waals surface area contributed by atoms with Crippen LogP contribution in [0.1, 0.15) is 77.0 Å². The highest BCUT2D eigenvalue weighted by atomic mass is 16.1. The van der Waals surface area contributed by atoms with Gasteiger partial charge in [0.15, 0.2) is 0 Å². The second-order valence-electron chi connectivity index (χ2n) is 8.08. The standard InChI is InChI=1S/C22H34N2O/c25-22(24-16-19-12-7-8-13-19)21-15-20(17-23-21)14-6-2-5-11-18-9-3-1-4-10-18/h3,9-10,19-20H,1-2,4-8,11-17H2,(H,24,25). The summed E-state index contributed by atoms with van der Waals surface area (Å²) >= 11 is 0. The molecule has 1 saturated carbocycles. The van der Waals surface area contributed by atoms with E-state index in [1.165, 1.54) is 76.2 Å². The van der Waals surface area contributed by atoms with Gasteiger partial charge in [0.1, 0.15) is 0 Å². The van der Waals surface area contributed by atoms with E-state index >= 15 is 0 Å². The Hall–Kier alpha value is -1.38. The van der Waals surface area contributed by atoms with E-state index in [-0.39, 0.29) is 5.91 Å². The molecule has 3 nitrogen and oxygen atoms in total. The highest BCUT2D eigenvalue weighted by Gasteiger charge is 2.24. The quantitative estimate of drug-likeness (QED) is 0.590. The lowest BCUT2D eigenvalue weighted by Gasteiger charge is -2.11. The van der Waals surface area contributed by atoms with Crippen molar-refractivity contribution in [1.82, 2.24) is 5.32 Å². The minimum absolute atomic E-state index is 0.102. The number of carbonyl (C=O) groups is 1. The third-order valence-corrected chi connectivity index (χ3v) is 5.96. The second kappa shape index (κ2) is 9.94. The summed E-state index contributed by atoms with van der Waals surface area (Å²) < 4.78 is 0. The van der Waals surface area contributed by atoms with Crippen molar-refractivity contribution in [2.24, 2.45) is 16.8 Å². The number of allylic oxidation sites excluding steroid dienone is 4. The first kappa shape index (κ1) is 18.4. The summed E-state index contributed by atoms with van der Waals surface area (Å²) in [5.74, 6) is 1.40. The molecule has 3 rings (SSSR count). The third-order valence-electron chi connectivity index (χ3n) is 5.96. The predicted octanol–water partition coefficient (Wildman–Crippen LogP) is 4.98. The molecule has 1 N–H and O–H groups in total. The number of rotatable bonds is 9. The summed E-state index contributed by atoms with van der Waals surface area (Å²) in [5, 5.41) is 3.12.